The van der Waals surface area contributed by atoms with E-state index in [1.54, 1.807) is 18.4 Å². The maximum Gasteiger partial charge on any atom is 0.191 e. The van der Waals surface area contributed by atoms with Gasteiger partial charge in [0.05, 0.1) is 23.9 Å². The molecule has 2 N–H and O–H groups in total. The Balaban J connectivity index is 2.56. The number of hydrogen-bond acceptors (Lipinski definition) is 4. The Morgan fingerprint density at radius 2 is 2.17 bits per heavy atom. The average molecular weight is 270 g/mol. The van der Waals surface area contributed by atoms with Gasteiger partial charge in [-0.25, -0.2) is 9.98 Å². The summed E-state index contributed by atoms with van der Waals surface area (Å²) in [7, 11) is 1.69. The fraction of sp³-hybridized carbons (Fsp3) is 0.667. The third-order valence-electron chi connectivity index (χ3n) is 2.32. The van der Waals surface area contributed by atoms with Gasteiger partial charge in [0, 0.05) is 25.1 Å². The molecule has 5 nitrogen and oxygen atoms in total. The number of ether oxygens (including phenoxy) is 1. The van der Waals surface area contributed by atoms with Crippen LogP contribution in [0.2, 0.25) is 0 Å². The lowest BCUT2D eigenvalue weighted by Gasteiger charge is -2.10. The summed E-state index contributed by atoms with van der Waals surface area (Å²) in [5.41, 5.74) is 1.08. The topological polar surface area (TPSA) is 58.5 Å². The van der Waals surface area contributed by atoms with E-state index < -0.39 is 0 Å². The lowest BCUT2D eigenvalue weighted by molar-refractivity contribution is 0.203. The number of nitrogens with one attached hydrogen (secondary N) is 2. The van der Waals surface area contributed by atoms with E-state index in [0.29, 0.717) is 13.2 Å². The van der Waals surface area contributed by atoms with Gasteiger partial charge in [0.2, 0.25) is 0 Å². The van der Waals surface area contributed by atoms with E-state index in [4.69, 9.17) is 4.74 Å². The van der Waals surface area contributed by atoms with Crippen molar-refractivity contribution in [3.05, 3.63) is 15.6 Å². The second-order valence-electron chi connectivity index (χ2n) is 3.86. The van der Waals surface area contributed by atoms with Crippen molar-refractivity contribution in [2.75, 3.05) is 26.8 Å². The van der Waals surface area contributed by atoms with Crippen LogP contribution in [0, 0.1) is 13.8 Å². The van der Waals surface area contributed by atoms with E-state index in [9.17, 15) is 0 Å². The van der Waals surface area contributed by atoms with Crippen molar-refractivity contribution in [3.63, 3.8) is 0 Å². The first-order chi connectivity index (χ1) is 8.67. The molecule has 0 fully saturated rings. The first-order valence-corrected chi connectivity index (χ1v) is 6.93. The van der Waals surface area contributed by atoms with Crippen molar-refractivity contribution >= 4 is 17.3 Å². The van der Waals surface area contributed by atoms with Crippen LogP contribution in [0.25, 0.3) is 0 Å². The molecular weight excluding hydrogens is 248 g/mol. The molecule has 6 heteroatoms. The van der Waals surface area contributed by atoms with E-state index in [1.165, 1.54) is 4.88 Å². The lowest BCUT2D eigenvalue weighted by atomic mass is 10.4. The van der Waals surface area contributed by atoms with Crippen molar-refractivity contribution in [3.8, 4) is 0 Å². The zero-order chi connectivity index (χ0) is 13.4. The van der Waals surface area contributed by atoms with Gasteiger partial charge >= 0.3 is 0 Å². The molecule has 1 aromatic heterocycles. The van der Waals surface area contributed by atoms with Crippen LogP contribution in [-0.4, -0.2) is 37.7 Å². The highest BCUT2D eigenvalue weighted by molar-refractivity contribution is 7.11. The Morgan fingerprint density at radius 1 is 1.39 bits per heavy atom. The van der Waals surface area contributed by atoms with Crippen LogP contribution in [0.4, 0.5) is 0 Å². The highest BCUT2D eigenvalue weighted by atomic mass is 32.1. The highest BCUT2D eigenvalue weighted by Gasteiger charge is 2.04. The summed E-state index contributed by atoms with van der Waals surface area (Å²) in [6.07, 6.45) is 0. The molecular formula is C12H22N4OS. The predicted molar refractivity (Wildman–Crippen MR) is 76.3 cm³/mol. The van der Waals surface area contributed by atoms with Crippen molar-refractivity contribution in [1.29, 1.82) is 0 Å². The zero-order valence-corrected chi connectivity index (χ0v) is 12.4. The minimum absolute atomic E-state index is 0.666. The van der Waals surface area contributed by atoms with Crippen LogP contribution in [-0.2, 0) is 11.3 Å². The number of hydrogen-bond donors (Lipinski definition) is 2. The van der Waals surface area contributed by atoms with E-state index in [-0.39, 0.29) is 0 Å². The van der Waals surface area contributed by atoms with E-state index in [1.807, 2.05) is 13.8 Å². The molecule has 0 aromatic carbocycles. The molecule has 0 aliphatic heterocycles. The molecule has 1 heterocycles. The number of rotatable bonds is 6. The molecule has 0 bridgehead atoms. The Kier molecular flexibility index (Phi) is 6.67. The molecule has 0 spiro atoms. The second-order valence-corrected chi connectivity index (χ2v) is 5.14. The summed E-state index contributed by atoms with van der Waals surface area (Å²) in [6, 6.07) is 0. The molecule has 0 amide bonds. The van der Waals surface area contributed by atoms with Gasteiger partial charge in [0.25, 0.3) is 0 Å². The molecule has 0 aliphatic rings. The average Bonchev–Trinajstić information content (AvgIpc) is 2.65. The summed E-state index contributed by atoms with van der Waals surface area (Å²) in [5.74, 6) is 0.819. The van der Waals surface area contributed by atoms with Gasteiger partial charge < -0.3 is 15.4 Å². The molecule has 0 unspecified atom stereocenters. The number of methoxy groups -OCH3 is 1. The molecule has 1 aromatic rings. The van der Waals surface area contributed by atoms with Crippen molar-refractivity contribution in [2.45, 2.75) is 27.3 Å². The number of guanidine groups is 1. The Labute approximate surface area is 113 Å². The number of thiazole rings is 1. The Bertz CT molecular complexity index is 389. The van der Waals surface area contributed by atoms with Crippen molar-refractivity contribution in [1.82, 2.24) is 15.6 Å². The van der Waals surface area contributed by atoms with Gasteiger partial charge in [-0.2, -0.15) is 0 Å². The fourth-order valence-corrected chi connectivity index (χ4v) is 2.35. The summed E-state index contributed by atoms with van der Waals surface area (Å²) in [6.45, 7) is 9.04. The molecule has 0 saturated carbocycles. The Hall–Kier alpha value is -1.14. The number of aryl methyl sites for hydroxylation is 2. The summed E-state index contributed by atoms with van der Waals surface area (Å²) in [4.78, 5) is 10.2. The third-order valence-corrected chi connectivity index (χ3v) is 3.38. The second kappa shape index (κ2) is 8.05. The highest BCUT2D eigenvalue weighted by Crippen LogP contribution is 2.17. The fourth-order valence-electron chi connectivity index (χ4n) is 1.48. The third kappa shape index (κ3) is 5.01. The SMILES string of the molecule is CCNC(=NCc1sc(C)nc1C)NCCOC. The molecule has 0 radical (unpaired) electrons. The van der Waals surface area contributed by atoms with E-state index in [0.717, 1.165) is 29.8 Å². The van der Waals surface area contributed by atoms with Gasteiger partial charge in [-0.3, -0.25) is 0 Å². The lowest BCUT2D eigenvalue weighted by Crippen LogP contribution is -2.38. The monoisotopic (exact) mass is 270 g/mol. The van der Waals surface area contributed by atoms with Crippen molar-refractivity contribution < 1.29 is 4.74 Å². The smallest absolute Gasteiger partial charge is 0.191 e. The van der Waals surface area contributed by atoms with Crippen LogP contribution in [0.1, 0.15) is 22.5 Å². The summed E-state index contributed by atoms with van der Waals surface area (Å²) >= 11 is 1.70. The van der Waals surface area contributed by atoms with Gasteiger partial charge in [0.1, 0.15) is 0 Å². The largest absolute Gasteiger partial charge is 0.383 e. The molecule has 0 aliphatic carbocycles. The van der Waals surface area contributed by atoms with Gasteiger partial charge in [0.15, 0.2) is 5.96 Å². The zero-order valence-electron chi connectivity index (χ0n) is 11.5. The van der Waals surface area contributed by atoms with E-state index >= 15 is 0 Å². The summed E-state index contributed by atoms with van der Waals surface area (Å²) in [5, 5.41) is 7.51. The molecule has 0 atom stereocenters. The number of nitrogens with zero attached hydrogens (tertiary/aromatic N) is 2. The van der Waals surface area contributed by atoms with Crippen molar-refractivity contribution in [2.24, 2.45) is 4.99 Å². The minimum atomic E-state index is 0.666. The quantitative estimate of drug-likeness (QED) is 0.467. The minimum Gasteiger partial charge on any atom is -0.383 e. The number of aliphatic imine (C=N–C) groups is 1. The van der Waals surface area contributed by atoms with Gasteiger partial charge in [-0.15, -0.1) is 11.3 Å². The van der Waals surface area contributed by atoms with Crippen LogP contribution in [0.3, 0.4) is 0 Å². The first-order valence-electron chi connectivity index (χ1n) is 6.11. The summed E-state index contributed by atoms with van der Waals surface area (Å²) < 4.78 is 5.00. The van der Waals surface area contributed by atoms with Crippen LogP contribution in [0.15, 0.2) is 4.99 Å². The maximum atomic E-state index is 5.00. The first kappa shape index (κ1) is 14.9. The van der Waals surface area contributed by atoms with Crippen LogP contribution >= 0.6 is 11.3 Å². The number of aromatic nitrogens is 1. The van der Waals surface area contributed by atoms with Gasteiger partial charge in [-0.1, -0.05) is 0 Å². The maximum absolute atomic E-state index is 5.00. The molecule has 102 valence electrons. The van der Waals surface area contributed by atoms with Crippen LogP contribution < -0.4 is 10.6 Å². The predicted octanol–water partition coefficient (Wildman–Crippen LogP) is 1.46. The molecule has 0 saturated heterocycles. The van der Waals surface area contributed by atoms with E-state index in [2.05, 4.69) is 27.5 Å². The molecule has 1 rings (SSSR count). The Morgan fingerprint density at radius 3 is 2.72 bits per heavy atom. The van der Waals surface area contributed by atoms with Crippen LogP contribution in [0.5, 0.6) is 0 Å². The van der Waals surface area contributed by atoms with Gasteiger partial charge in [-0.05, 0) is 20.8 Å². The standard InChI is InChI=1S/C12H22N4OS/c1-5-13-12(14-6-7-17-4)15-8-11-9(2)16-10(3)18-11/h5-8H2,1-4H3,(H2,13,14,15). The molecule has 18 heavy (non-hydrogen) atoms. The normalized spacial score (nSPS) is 11.7.